The molecule has 3 aromatic rings. The van der Waals surface area contributed by atoms with Crippen LogP contribution >= 0.6 is 0 Å². The van der Waals surface area contributed by atoms with E-state index >= 15 is 0 Å². The van der Waals surface area contributed by atoms with Crippen LogP contribution in [0.5, 0.6) is 0 Å². The number of nitrogens with one attached hydrogen (secondary N) is 2. The lowest BCUT2D eigenvalue weighted by Gasteiger charge is -2.35. The summed E-state index contributed by atoms with van der Waals surface area (Å²) in [5, 5.41) is 10.8. The zero-order valence-corrected chi connectivity index (χ0v) is 25.9. The lowest BCUT2D eigenvalue weighted by Crippen LogP contribution is -2.54. The zero-order chi connectivity index (χ0) is 31.5. The van der Waals surface area contributed by atoms with Gasteiger partial charge in [0.1, 0.15) is 6.04 Å². The van der Waals surface area contributed by atoms with Crippen molar-refractivity contribution in [1.82, 2.24) is 29.9 Å². The van der Waals surface area contributed by atoms with Crippen LogP contribution in [0.3, 0.4) is 0 Å². The highest BCUT2D eigenvalue weighted by Crippen LogP contribution is 2.45. The number of rotatable bonds is 8. The van der Waals surface area contributed by atoms with E-state index in [1.165, 1.54) is 24.2 Å². The van der Waals surface area contributed by atoms with E-state index in [2.05, 4.69) is 50.5 Å². The topological polar surface area (TPSA) is 133 Å². The molecule has 2 aliphatic carbocycles. The average molecular weight is 623 g/mol. The second-order valence-electron chi connectivity index (χ2n) is 13.5. The SMILES string of the molecule is CN1CCN(c2ccc(-c3cn([C@H]4C[C@H](CNc5ccc6c(c5)C(=O)N(C5CCC(=O)NC5=O)C6=O)C4)nc3C3CC3)nc2)CC1. The number of carbonyl (C=O) groups is 4. The number of likely N-dealkylation sites (N-methyl/N-ethyl adjacent to an activating group) is 1. The fraction of sp³-hybridized carbons (Fsp3) is 0.471. The molecule has 4 fully saturated rings. The molecule has 2 saturated heterocycles. The third kappa shape index (κ3) is 5.24. The molecule has 1 aromatic carbocycles. The number of benzene rings is 1. The van der Waals surface area contributed by atoms with Gasteiger partial charge in [0.15, 0.2) is 0 Å². The number of fused-ring (bicyclic) bond motifs is 1. The van der Waals surface area contributed by atoms with Crippen LogP contribution in [0.25, 0.3) is 11.3 Å². The molecule has 0 bridgehead atoms. The van der Waals surface area contributed by atoms with E-state index in [0.717, 1.165) is 67.4 Å². The molecular weight excluding hydrogens is 584 g/mol. The molecule has 12 heteroatoms. The van der Waals surface area contributed by atoms with E-state index in [4.69, 9.17) is 10.1 Å². The van der Waals surface area contributed by atoms with Gasteiger partial charge in [0.05, 0.1) is 40.4 Å². The molecule has 1 unspecified atom stereocenters. The number of hydrogen-bond donors (Lipinski definition) is 2. The molecule has 1 atom stereocenters. The Balaban J connectivity index is 0.890. The summed E-state index contributed by atoms with van der Waals surface area (Å²) in [7, 11) is 2.17. The number of aromatic nitrogens is 3. The second-order valence-corrected chi connectivity index (χ2v) is 13.5. The summed E-state index contributed by atoms with van der Waals surface area (Å²) in [4.78, 5) is 60.7. The lowest BCUT2D eigenvalue weighted by molar-refractivity contribution is -0.136. The number of piperazine rings is 1. The summed E-state index contributed by atoms with van der Waals surface area (Å²) in [5.74, 6) is -1.00. The van der Waals surface area contributed by atoms with Gasteiger partial charge in [0, 0.05) is 62.5 Å². The van der Waals surface area contributed by atoms with E-state index in [1.807, 2.05) is 6.20 Å². The summed E-state index contributed by atoms with van der Waals surface area (Å²) in [6, 6.07) is 8.86. The third-order valence-electron chi connectivity index (χ3n) is 10.2. The monoisotopic (exact) mass is 622 g/mol. The van der Waals surface area contributed by atoms with E-state index in [-0.39, 0.29) is 29.9 Å². The molecule has 0 spiro atoms. The van der Waals surface area contributed by atoms with E-state index in [1.54, 1.807) is 18.2 Å². The van der Waals surface area contributed by atoms with Crippen molar-refractivity contribution in [3.05, 3.63) is 59.5 Å². The molecule has 8 rings (SSSR count). The van der Waals surface area contributed by atoms with Crippen LogP contribution in [0.15, 0.2) is 42.7 Å². The summed E-state index contributed by atoms with van der Waals surface area (Å²) >= 11 is 0. The number of nitrogens with zero attached hydrogens (tertiary/aromatic N) is 6. The largest absolute Gasteiger partial charge is 0.385 e. The number of imide groups is 2. The van der Waals surface area contributed by atoms with Crippen molar-refractivity contribution >= 4 is 35.0 Å². The van der Waals surface area contributed by atoms with Crippen LogP contribution in [0, 0.1) is 5.92 Å². The molecular formula is C34H38N8O4. The predicted octanol–water partition coefficient (Wildman–Crippen LogP) is 3.04. The van der Waals surface area contributed by atoms with Gasteiger partial charge >= 0.3 is 0 Å². The molecule has 5 heterocycles. The minimum Gasteiger partial charge on any atom is -0.385 e. The Hall–Kier alpha value is -4.58. The summed E-state index contributed by atoms with van der Waals surface area (Å²) in [6.07, 6.45) is 8.80. The Morgan fingerprint density at radius 3 is 2.41 bits per heavy atom. The van der Waals surface area contributed by atoms with Crippen LogP contribution in [0.1, 0.15) is 76.9 Å². The van der Waals surface area contributed by atoms with E-state index in [9.17, 15) is 19.2 Å². The number of amides is 4. The van der Waals surface area contributed by atoms with Crippen LogP contribution in [0.4, 0.5) is 11.4 Å². The number of anilines is 2. The van der Waals surface area contributed by atoms with E-state index < -0.39 is 23.8 Å². The first-order valence-electron chi connectivity index (χ1n) is 16.4. The van der Waals surface area contributed by atoms with Crippen molar-refractivity contribution < 1.29 is 19.2 Å². The Morgan fingerprint density at radius 2 is 1.70 bits per heavy atom. The first kappa shape index (κ1) is 28.9. The molecule has 5 aliphatic rings. The molecule has 12 nitrogen and oxygen atoms in total. The fourth-order valence-electron chi connectivity index (χ4n) is 7.17. The molecule has 2 N–H and O–H groups in total. The van der Waals surface area contributed by atoms with Crippen LogP contribution in [0.2, 0.25) is 0 Å². The van der Waals surface area contributed by atoms with Gasteiger partial charge in [-0.05, 0) is 75.4 Å². The van der Waals surface area contributed by atoms with Gasteiger partial charge in [-0.1, -0.05) is 0 Å². The maximum Gasteiger partial charge on any atom is 0.262 e. The second kappa shape index (κ2) is 11.3. The van der Waals surface area contributed by atoms with Crippen LogP contribution < -0.4 is 15.5 Å². The lowest BCUT2D eigenvalue weighted by atomic mass is 9.80. The number of carbonyl (C=O) groups excluding carboxylic acids is 4. The van der Waals surface area contributed by atoms with Crippen LogP contribution in [-0.4, -0.2) is 94.0 Å². The van der Waals surface area contributed by atoms with Crippen molar-refractivity contribution in [2.45, 2.75) is 56.5 Å². The van der Waals surface area contributed by atoms with Gasteiger partial charge in [-0.2, -0.15) is 5.10 Å². The highest BCUT2D eigenvalue weighted by molar-refractivity contribution is 6.23. The molecule has 4 amide bonds. The van der Waals surface area contributed by atoms with Crippen LogP contribution in [-0.2, 0) is 9.59 Å². The van der Waals surface area contributed by atoms with Gasteiger partial charge in [-0.3, -0.25) is 39.1 Å². The number of piperidine rings is 1. The first-order valence-corrected chi connectivity index (χ1v) is 16.4. The van der Waals surface area contributed by atoms with Gasteiger partial charge in [0.25, 0.3) is 11.8 Å². The highest BCUT2D eigenvalue weighted by Gasteiger charge is 2.44. The molecule has 2 saturated carbocycles. The Kier molecular flexibility index (Phi) is 7.12. The van der Waals surface area contributed by atoms with E-state index in [0.29, 0.717) is 17.9 Å². The van der Waals surface area contributed by atoms with Gasteiger partial charge in [-0.25, -0.2) is 0 Å². The molecule has 238 valence electrons. The average Bonchev–Trinajstić information content (AvgIpc) is 3.75. The normalized spacial score (nSPS) is 25.0. The van der Waals surface area contributed by atoms with Crippen molar-refractivity contribution in [3.63, 3.8) is 0 Å². The van der Waals surface area contributed by atoms with Gasteiger partial charge in [-0.15, -0.1) is 0 Å². The fourth-order valence-corrected chi connectivity index (χ4v) is 7.17. The van der Waals surface area contributed by atoms with Crippen molar-refractivity contribution in [2.75, 3.05) is 50.0 Å². The maximum atomic E-state index is 13.2. The molecule has 2 aromatic heterocycles. The van der Waals surface area contributed by atoms with Crippen molar-refractivity contribution in [3.8, 4) is 11.3 Å². The Morgan fingerprint density at radius 1 is 0.913 bits per heavy atom. The predicted molar refractivity (Wildman–Crippen MR) is 171 cm³/mol. The molecule has 0 radical (unpaired) electrons. The number of pyridine rings is 1. The first-order chi connectivity index (χ1) is 22.3. The maximum absolute atomic E-state index is 13.2. The number of hydrogen-bond acceptors (Lipinski definition) is 9. The minimum absolute atomic E-state index is 0.0991. The molecule has 3 aliphatic heterocycles. The Bertz CT molecular complexity index is 1720. The Labute approximate surface area is 267 Å². The third-order valence-corrected chi connectivity index (χ3v) is 10.2. The summed E-state index contributed by atoms with van der Waals surface area (Å²) in [6.45, 7) is 4.92. The van der Waals surface area contributed by atoms with Crippen molar-refractivity contribution in [1.29, 1.82) is 0 Å². The zero-order valence-electron chi connectivity index (χ0n) is 25.9. The van der Waals surface area contributed by atoms with Gasteiger partial charge < -0.3 is 15.1 Å². The summed E-state index contributed by atoms with van der Waals surface area (Å²) in [5.41, 5.74) is 5.82. The minimum atomic E-state index is -0.964. The van der Waals surface area contributed by atoms with Gasteiger partial charge in [0.2, 0.25) is 11.8 Å². The smallest absolute Gasteiger partial charge is 0.262 e. The highest BCUT2D eigenvalue weighted by atomic mass is 16.2. The quantitative estimate of drug-likeness (QED) is 0.364. The van der Waals surface area contributed by atoms with Crippen molar-refractivity contribution in [2.24, 2.45) is 5.92 Å². The molecule has 46 heavy (non-hydrogen) atoms. The summed E-state index contributed by atoms with van der Waals surface area (Å²) < 4.78 is 2.15. The standard InChI is InChI=1S/C34H38N8O4/c1-39-10-12-40(13-11-39)23-5-7-28(36-18-23)27-19-41(38-31(27)21-2-3-21)24-14-20(15-24)17-35-22-4-6-25-26(16-22)34(46)42(33(25)45)29-8-9-30(43)37-32(29)44/h4-7,16,18-21,24,29,35H,2-3,8-15,17H2,1H3,(H,37,43,44)/t20-,24-,29?.